The van der Waals surface area contributed by atoms with Crippen LogP contribution >= 0.6 is 12.6 Å². The maximum Gasteiger partial charge on any atom is 0.252 e. The number of amides is 1. The van der Waals surface area contributed by atoms with Crippen LogP contribution in [-0.4, -0.2) is 15.7 Å². The molecule has 0 fully saturated rings. The monoisotopic (exact) mass is 275 g/mol. The summed E-state index contributed by atoms with van der Waals surface area (Å²) >= 11 is 4.28. The SMILES string of the molecule is CCc1nn(C)cc1CNC(=O)c1ccccc1S. The van der Waals surface area contributed by atoms with Crippen LogP contribution in [-0.2, 0) is 20.0 Å². The fourth-order valence-corrected chi connectivity index (χ4v) is 2.23. The van der Waals surface area contributed by atoms with E-state index < -0.39 is 0 Å². The van der Waals surface area contributed by atoms with Crippen molar-refractivity contribution in [3.63, 3.8) is 0 Å². The second-order valence-corrected chi connectivity index (χ2v) is 4.81. The molecule has 0 unspecified atom stereocenters. The van der Waals surface area contributed by atoms with E-state index in [0.29, 0.717) is 17.0 Å². The van der Waals surface area contributed by atoms with Gasteiger partial charge in [-0.2, -0.15) is 5.10 Å². The number of carbonyl (C=O) groups excluding carboxylic acids is 1. The minimum Gasteiger partial charge on any atom is -0.348 e. The van der Waals surface area contributed by atoms with Gasteiger partial charge < -0.3 is 5.32 Å². The Balaban J connectivity index is 2.06. The number of nitrogens with zero attached hydrogens (tertiary/aromatic N) is 2. The molecule has 5 heteroatoms. The van der Waals surface area contributed by atoms with Gasteiger partial charge in [0.05, 0.1) is 11.3 Å². The lowest BCUT2D eigenvalue weighted by Crippen LogP contribution is -2.23. The van der Waals surface area contributed by atoms with Gasteiger partial charge in [-0.15, -0.1) is 12.6 Å². The summed E-state index contributed by atoms with van der Waals surface area (Å²) in [6, 6.07) is 7.26. The molecule has 0 saturated carbocycles. The first-order valence-corrected chi connectivity index (χ1v) is 6.64. The van der Waals surface area contributed by atoms with E-state index in [1.165, 1.54) is 0 Å². The highest BCUT2D eigenvalue weighted by Crippen LogP contribution is 2.13. The van der Waals surface area contributed by atoms with Crippen molar-refractivity contribution in [1.82, 2.24) is 15.1 Å². The molecule has 0 radical (unpaired) electrons. The molecule has 1 N–H and O–H groups in total. The van der Waals surface area contributed by atoms with Crippen molar-refractivity contribution in [2.24, 2.45) is 7.05 Å². The fraction of sp³-hybridized carbons (Fsp3) is 0.286. The lowest BCUT2D eigenvalue weighted by molar-refractivity contribution is 0.0948. The molecule has 2 rings (SSSR count). The van der Waals surface area contributed by atoms with Crippen molar-refractivity contribution in [2.75, 3.05) is 0 Å². The zero-order chi connectivity index (χ0) is 13.8. The van der Waals surface area contributed by atoms with Gasteiger partial charge in [0.25, 0.3) is 5.91 Å². The highest BCUT2D eigenvalue weighted by molar-refractivity contribution is 7.80. The Morgan fingerprint density at radius 2 is 2.16 bits per heavy atom. The summed E-state index contributed by atoms with van der Waals surface area (Å²) in [5.74, 6) is -0.114. The van der Waals surface area contributed by atoms with E-state index in [1.54, 1.807) is 16.8 Å². The number of thiol groups is 1. The second-order valence-electron chi connectivity index (χ2n) is 4.33. The minimum atomic E-state index is -0.114. The van der Waals surface area contributed by atoms with Crippen molar-refractivity contribution < 1.29 is 4.79 Å². The van der Waals surface area contributed by atoms with Gasteiger partial charge in [-0.05, 0) is 18.6 Å². The Morgan fingerprint density at radius 3 is 2.84 bits per heavy atom. The molecule has 1 aromatic heterocycles. The molecule has 1 amide bonds. The van der Waals surface area contributed by atoms with Gasteiger partial charge in [0, 0.05) is 30.2 Å². The first kappa shape index (κ1) is 13.7. The molecule has 0 saturated heterocycles. The summed E-state index contributed by atoms with van der Waals surface area (Å²) in [6.07, 6.45) is 2.79. The third-order valence-electron chi connectivity index (χ3n) is 2.91. The molecule has 0 aliphatic carbocycles. The van der Waals surface area contributed by atoms with Crippen LogP contribution in [0.3, 0.4) is 0 Å². The number of carbonyl (C=O) groups is 1. The largest absolute Gasteiger partial charge is 0.348 e. The first-order chi connectivity index (χ1) is 9.11. The molecule has 0 aliphatic rings. The third-order valence-corrected chi connectivity index (χ3v) is 3.30. The van der Waals surface area contributed by atoms with Gasteiger partial charge in [0.15, 0.2) is 0 Å². The molecule has 0 aliphatic heterocycles. The predicted molar refractivity (Wildman–Crippen MR) is 77.5 cm³/mol. The summed E-state index contributed by atoms with van der Waals surface area (Å²) in [5, 5.41) is 7.25. The molecular weight excluding hydrogens is 258 g/mol. The Morgan fingerprint density at radius 1 is 1.42 bits per heavy atom. The van der Waals surface area contributed by atoms with Crippen LogP contribution in [0.2, 0.25) is 0 Å². The van der Waals surface area contributed by atoms with Crippen molar-refractivity contribution in [1.29, 1.82) is 0 Å². The summed E-state index contributed by atoms with van der Waals surface area (Å²) in [4.78, 5) is 12.7. The normalized spacial score (nSPS) is 10.5. The van der Waals surface area contributed by atoms with Crippen molar-refractivity contribution in [3.8, 4) is 0 Å². The smallest absolute Gasteiger partial charge is 0.252 e. The maximum atomic E-state index is 12.1. The number of hydrogen-bond donors (Lipinski definition) is 2. The van der Waals surface area contributed by atoms with Gasteiger partial charge in [-0.3, -0.25) is 9.48 Å². The van der Waals surface area contributed by atoms with Crippen molar-refractivity contribution >= 4 is 18.5 Å². The molecule has 0 spiro atoms. The lowest BCUT2D eigenvalue weighted by Gasteiger charge is -2.06. The van der Waals surface area contributed by atoms with Crippen LogP contribution in [0.1, 0.15) is 28.5 Å². The Labute approximate surface area is 118 Å². The van der Waals surface area contributed by atoms with Crippen LogP contribution < -0.4 is 5.32 Å². The Bertz CT molecular complexity index is 592. The average molecular weight is 275 g/mol. The molecule has 100 valence electrons. The summed E-state index contributed by atoms with van der Waals surface area (Å²) in [7, 11) is 1.88. The Hall–Kier alpha value is -1.75. The molecule has 4 nitrogen and oxygen atoms in total. The zero-order valence-electron chi connectivity index (χ0n) is 11.1. The van der Waals surface area contributed by atoms with E-state index in [2.05, 4.69) is 30.0 Å². The molecule has 0 atom stereocenters. The number of rotatable bonds is 4. The van der Waals surface area contributed by atoms with Gasteiger partial charge in [-0.25, -0.2) is 0 Å². The molecule has 2 aromatic rings. The lowest BCUT2D eigenvalue weighted by atomic mass is 10.2. The van der Waals surface area contributed by atoms with Crippen LogP contribution in [0.4, 0.5) is 0 Å². The van der Waals surface area contributed by atoms with Crippen LogP contribution in [0.15, 0.2) is 35.4 Å². The summed E-state index contributed by atoms with van der Waals surface area (Å²) in [5.41, 5.74) is 2.66. The molecular formula is C14H17N3OS. The van der Waals surface area contributed by atoms with Crippen LogP contribution in [0.5, 0.6) is 0 Å². The summed E-state index contributed by atoms with van der Waals surface area (Å²) in [6.45, 7) is 2.54. The van der Waals surface area contributed by atoms with E-state index in [-0.39, 0.29) is 5.91 Å². The number of hydrogen-bond acceptors (Lipinski definition) is 3. The highest BCUT2D eigenvalue weighted by atomic mass is 32.1. The molecule has 1 heterocycles. The van der Waals surface area contributed by atoms with E-state index in [4.69, 9.17) is 0 Å². The number of benzene rings is 1. The topological polar surface area (TPSA) is 46.9 Å². The van der Waals surface area contributed by atoms with E-state index in [9.17, 15) is 4.79 Å². The third kappa shape index (κ3) is 3.17. The summed E-state index contributed by atoms with van der Waals surface area (Å²) < 4.78 is 1.77. The number of nitrogens with one attached hydrogen (secondary N) is 1. The quantitative estimate of drug-likeness (QED) is 0.840. The van der Waals surface area contributed by atoms with Gasteiger partial charge in [0.2, 0.25) is 0 Å². The molecule has 0 bridgehead atoms. The van der Waals surface area contributed by atoms with E-state index in [0.717, 1.165) is 17.7 Å². The fourth-order valence-electron chi connectivity index (χ4n) is 1.97. The number of aromatic nitrogens is 2. The predicted octanol–water partition coefficient (Wildman–Crippen LogP) is 2.20. The highest BCUT2D eigenvalue weighted by Gasteiger charge is 2.10. The van der Waals surface area contributed by atoms with Gasteiger partial charge >= 0.3 is 0 Å². The Kier molecular flexibility index (Phi) is 4.27. The molecule has 1 aromatic carbocycles. The van der Waals surface area contributed by atoms with E-state index >= 15 is 0 Å². The standard InChI is InChI=1S/C14H17N3OS/c1-3-12-10(9-17(2)16-12)8-15-14(18)11-6-4-5-7-13(11)19/h4-7,9,19H,3,8H2,1-2H3,(H,15,18). The molecule has 19 heavy (non-hydrogen) atoms. The maximum absolute atomic E-state index is 12.1. The zero-order valence-corrected chi connectivity index (χ0v) is 11.9. The van der Waals surface area contributed by atoms with E-state index in [1.807, 2.05) is 25.4 Å². The first-order valence-electron chi connectivity index (χ1n) is 6.19. The number of aryl methyl sites for hydroxylation is 2. The van der Waals surface area contributed by atoms with Crippen molar-refractivity contribution in [2.45, 2.75) is 24.8 Å². The van der Waals surface area contributed by atoms with Gasteiger partial charge in [0.1, 0.15) is 0 Å². The van der Waals surface area contributed by atoms with Crippen molar-refractivity contribution in [3.05, 3.63) is 47.3 Å². The van der Waals surface area contributed by atoms with Crippen LogP contribution in [0, 0.1) is 0 Å². The average Bonchev–Trinajstić information content (AvgIpc) is 2.77. The minimum absolute atomic E-state index is 0.114. The van der Waals surface area contributed by atoms with Crippen LogP contribution in [0.25, 0.3) is 0 Å². The van der Waals surface area contributed by atoms with Gasteiger partial charge in [-0.1, -0.05) is 19.1 Å². The second kappa shape index (κ2) is 5.93.